The average Bonchev–Trinajstić information content (AvgIpc) is 3.07. The smallest absolute Gasteiger partial charge is 0.243 e. The Labute approximate surface area is 117 Å². The van der Waals surface area contributed by atoms with E-state index in [0.717, 1.165) is 0 Å². The zero-order valence-corrected chi connectivity index (χ0v) is 11.7. The van der Waals surface area contributed by atoms with Crippen LogP contribution < -0.4 is 4.72 Å². The van der Waals surface area contributed by atoms with Crippen LogP contribution in [0, 0.1) is 0 Å². The van der Waals surface area contributed by atoms with Crippen molar-refractivity contribution in [1.82, 2.24) is 24.1 Å². The number of nitrogens with zero attached hydrogens (tertiary/aromatic N) is 4. The van der Waals surface area contributed by atoms with E-state index in [-0.39, 0.29) is 18.0 Å². The molecule has 2 aromatic rings. The molecule has 0 atom stereocenters. The molecule has 0 saturated heterocycles. The number of hydrogen-bond donors (Lipinski definition) is 2. The summed E-state index contributed by atoms with van der Waals surface area (Å²) in [5.74, 6) is 0. The molecule has 0 fully saturated rings. The van der Waals surface area contributed by atoms with Crippen molar-refractivity contribution in [3.05, 3.63) is 31.1 Å². The second kappa shape index (κ2) is 6.64. The normalized spacial score (nSPS) is 11.8. The maximum absolute atomic E-state index is 12.0. The van der Waals surface area contributed by atoms with E-state index in [1.165, 1.54) is 17.1 Å². The van der Waals surface area contributed by atoms with Gasteiger partial charge in [-0.2, -0.15) is 5.10 Å². The van der Waals surface area contributed by atoms with Crippen LogP contribution in [0.4, 0.5) is 0 Å². The summed E-state index contributed by atoms with van der Waals surface area (Å²) < 4.78 is 29.8. The number of sulfonamides is 1. The number of aliphatic hydroxyl groups excluding tert-OH is 1. The first kappa shape index (κ1) is 14.7. The molecule has 0 aliphatic heterocycles. The first-order valence-electron chi connectivity index (χ1n) is 6.20. The van der Waals surface area contributed by atoms with Crippen LogP contribution >= 0.6 is 0 Å². The van der Waals surface area contributed by atoms with Gasteiger partial charge >= 0.3 is 0 Å². The summed E-state index contributed by atoms with van der Waals surface area (Å²) in [7, 11) is -3.55. The van der Waals surface area contributed by atoms with E-state index in [1.807, 2.05) is 0 Å². The largest absolute Gasteiger partial charge is 0.396 e. The molecule has 0 aliphatic rings. The van der Waals surface area contributed by atoms with Gasteiger partial charge in [0.2, 0.25) is 10.0 Å². The maximum atomic E-state index is 12.0. The van der Waals surface area contributed by atoms with Crippen LogP contribution in [0.3, 0.4) is 0 Å². The maximum Gasteiger partial charge on any atom is 0.243 e. The van der Waals surface area contributed by atoms with Crippen LogP contribution in [0.15, 0.2) is 36.0 Å². The third kappa shape index (κ3) is 3.89. The Hall–Kier alpha value is -1.71. The zero-order valence-electron chi connectivity index (χ0n) is 10.9. The zero-order chi connectivity index (χ0) is 14.4. The number of aryl methyl sites for hydroxylation is 1. The van der Waals surface area contributed by atoms with E-state index in [0.29, 0.717) is 19.5 Å². The van der Waals surface area contributed by atoms with Gasteiger partial charge in [0.1, 0.15) is 4.90 Å². The molecule has 0 saturated carbocycles. The van der Waals surface area contributed by atoms with Gasteiger partial charge in [-0.3, -0.25) is 4.68 Å². The highest BCUT2D eigenvalue weighted by atomic mass is 32.2. The first-order chi connectivity index (χ1) is 9.62. The standard InChI is InChI=1S/C11H17N5O3S/c17-7-1-4-16-9-11(8-13-16)20(18,19)14-3-6-15-5-2-12-10-15/h2,5,8-10,14,17H,1,3-4,6-7H2. The van der Waals surface area contributed by atoms with Crippen molar-refractivity contribution in [1.29, 1.82) is 0 Å². The Morgan fingerprint density at radius 3 is 2.90 bits per heavy atom. The second-order valence-electron chi connectivity index (χ2n) is 4.21. The SMILES string of the molecule is O=S(=O)(NCCn1ccnc1)c1cnn(CCCO)c1. The van der Waals surface area contributed by atoms with Gasteiger partial charge < -0.3 is 9.67 Å². The quantitative estimate of drug-likeness (QED) is 0.680. The van der Waals surface area contributed by atoms with E-state index in [2.05, 4.69) is 14.8 Å². The number of rotatable bonds is 8. The van der Waals surface area contributed by atoms with Crippen molar-refractivity contribution in [2.45, 2.75) is 24.4 Å². The third-order valence-corrected chi connectivity index (χ3v) is 4.10. The Bertz CT molecular complexity index is 620. The number of imidazole rings is 1. The van der Waals surface area contributed by atoms with Crippen molar-refractivity contribution < 1.29 is 13.5 Å². The van der Waals surface area contributed by atoms with E-state index >= 15 is 0 Å². The van der Waals surface area contributed by atoms with Gasteiger partial charge in [0.25, 0.3) is 0 Å². The molecule has 0 radical (unpaired) electrons. The highest BCUT2D eigenvalue weighted by Crippen LogP contribution is 2.07. The predicted octanol–water partition coefficient (Wildman–Crippen LogP) is -0.560. The molecule has 110 valence electrons. The van der Waals surface area contributed by atoms with Gasteiger partial charge in [0, 0.05) is 44.8 Å². The second-order valence-corrected chi connectivity index (χ2v) is 5.98. The van der Waals surface area contributed by atoms with Gasteiger partial charge in [0.05, 0.1) is 12.5 Å². The summed E-state index contributed by atoms with van der Waals surface area (Å²) in [6.07, 6.45) is 8.32. The van der Waals surface area contributed by atoms with Crippen LogP contribution in [0.5, 0.6) is 0 Å². The molecule has 0 bridgehead atoms. The van der Waals surface area contributed by atoms with Gasteiger partial charge in [-0.1, -0.05) is 0 Å². The van der Waals surface area contributed by atoms with E-state index in [9.17, 15) is 8.42 Å². The molecule has 8 nitrogen and oxygen atoms in total. The monoisotopic (exact) mass is 299 g/mol. The minimum Gasteiger partial charge on any atom is -0.396 e. The lowest BCUT2D eigenvalue weighted by atomic mass is 10.5. The number of aliphatic hydroxyl groups is 1. The Balaban J connectivity index is 1.90. The first-order valence-corrected chi connectivity index (χ1v) is 7.69. The van der Waals surface area contributed by atoms with Crippen LogP contribution in [-0.2, 0) is 23.1 Å². The molecule has 0 aromatic carbocycles. The number of nitrogens with one attached hydrogen (secondary N) is 1. The highest BCUT2D eigenvalue weighted by molar-refractivity contribution is 7.89. The van der Waals surface area contributed by atoms with E-state index in [4.69, 9.17) is 5.11 Å². The van der Waals surface area contributed by atoms with Gasteiger partial charge in [-0.25, -0.2) is 18.1 Å². The summed E-state index contributed by atoms with van der Waals surface area (Å²) in [4.78, 5) is 4.01. The summed E-state index contributed by atoms with van der Waals surface area (Å²) in [6, 6.07) is 0. The number of aromatic nitrogens is 4. The molecule has 2 aromatic heterocycles. The number of hydrogen-bond acceptors (Lipinski definition) is 5. The van der Waals surface area contributed by atoms with Crippen LogP contribution in [-0.4, -0.2) is 46.0 Å². The van der Waals surface area contributed by atoms with Crippen LogP contribution in [0.2, 0.25) is 0 Å². The van der Waals surface area contributed by atoms with Crippen molar-refractivity contribution in [2.24, 2.45) is 0 Å². The molecule has 2 heterocycles. The molecule has 9 heteroatoms. The molecule has 0 amide bonds. The molecular weight excluding hydrogens is 282 g/mol. The molecule has 0 unspecified atom stereocenters. The van der Waals surface area contributed by atoms with Crippen molar-refractivity contribution in [3.63, 3.8) is 0 Å². The lowest BCUT2D eigenvalue weighted by Gasteiger charge is -2.05. The summed E-state index contributed by atoms with van der Waals surface area (Å²) >= 11 is 0. The minimum atomic E-state index is -3.55. The fourth-order valence-corrected chi connectivity index (χ4v) is 2.62. The van der Waals surface area contributed by atoms with Crippen LogP contribution in [0.1, 0.15) is 6.42 Å². The Morgan fingerprint density at radius 2 is 2.20 bits per heavy atom. The van der Waals surface area contributed by atoms with E-state index in [1.54, 1.807) is 23.3 Å². The lowest BCUT2D eigenvalue weighted by molar-refractivity contribution is 0.277. The van der Waals surface area contributed by atoms with Gasteiger partial charge in [-0.15, -0.1) is 0 Å². The molecule has 0 aliphatic carbocycles. The predicted molar refractivity (Wildman–Crippen MR) is 71.3 cm³/mol. The Kier molecular flexibility index (Phi) is 4.88. The molecule has 2 N–H and O–H groups in total. The third-order valence-electron chi connectivity index (χ3n) is 2.69. The van der Waals surface area contributed by atoms with Gasteiger partial charge in [0.15, 0.2) is 0 Å². The van der Waals surface area contributed by atoms with Crippen LogP contribution in [0.25, 0.3) is 0 Å². The fraction of sp³-hybridized carbons (Fsp3) is 0.455. The molecular formula is C11H17N5O3S. The van der Waals surface area contributed by atoms with E-state index < -0.39 is 10.0 Å². The molecule has 20 heavy (non-hydrogen) atoms. The van der Waals surface area contributed by atoms with Crippen molar-refractivity contribution in [3.8, 4) is 0 Å². The van der Waals surface area contributed by atoms with Gasteiger partial charge in [-0.05, 0) is 6.42 Å². The van der Waals surface area contributed by atoms with Crippen molar-refractivity contribution >= 4 is 10.0 Å². The Morgan fingerprint density at radius 1 is 1.35 bits per heavy atom. The van der Waals surface area contributed by atoms with Crippen molar-refractivity contribution in [2.75, 3.05) is 13.2 Å². The molecule has 2 rings (SSSR count). The molecule has 0 spiro atoms. The fourth-order valence-electron chi connectivity index (χ4n) is 1.65. The lowest BCUT2D eigenvalue weighted by Crippen LogP contribution is -2.27. The summed E-state index contributed by atoms with van der Waals surface area (Å²) in [5.41, 5.74) is 0. The minimum absolute atomic E-state index is 0.0467. The summed E-state index contributed by atoms with van der Waals surface area (Å²) in [6.45, 7) is 1.32. The highest BCUT2D eigenvalue weighted by Gasteiger charge is 2.15. The summed E-state index contributed by atoms with van der Waals surface area (Å²) in [5, 5.41) is 12.7. The topological polar surface area (TPSA) is 102 Å². The average molecular weight is 299 g/mol.